The van der Waals surface area contributed by atoms with Gasteiger partial charge in [0.1, 0.15) is 5.75 Å². The van der Waals surface area contributed by atoms with Crippen molar-refractivity contribution in [3.63, 3.8) is 0 Å². The fraction of sp³-hybridized carbons (Fsp3) is 0.462. The minimum atomic E-state index is -0.953. The van der Waals surface area contributed by atoms with Gasteiger partial charge in [-0.25, -0.2) is 4.79 Å². The first-order valence-corrected chi connectivity index (χ1v) is 5.85. The van der Waals surface area contributed by atoms with E-state index in [9.17, 15) is 4.79 Å². The Hall–Kier alpha value is -1.26. The number of carbonyl (C=O) groups is 1. The second kappa shape index (κ2) is 6.61. The molecule has 0 fully saturated rings. The molecule has 0 aromatic heterocycles. The summed E-state index contributed by atoms with van der Waals surface area (Å²) in [4.78, 5) is 10.4. The summed E-state index contributed by atoms with van der Waals surface area (Å²) in [6, 6.07) is 5.81. The molecule has 1 aliphatic rings. The molecule has 0 saturated heterocycles. The number of aryl methyl sites for hydroxylation is 1. The summed E-state index contributed by atoms with van der Waals surface area (Å²) in [5, 5.41) is 8.54. The normalized spacial score (nSPS) is 17.5. The third-order valence-corrected chi connectivity index (χ3v) is 3.20. The lowest BCUT2D eigenvalue weighted by atomic mass is 9.84. The highest BCUT2D eigenvalue weighted by Crippen LogP contribution is 2.28. The lowest BCUT2D eigenvalue weighted by molar-refractivity contribution is -0.139. The molecule has 1 aromatic carbocycles. The maximum absolute atomic E-state index is 10.4. The molecule has 0 radical (unpaired) electrons. The Kier molecular flexibility index (Phi) is 5.44. The van der Waals surface area contributed by atoms with Crippen LogP contribution in [0.3, 0.4) is 0 Å². The minimum Gasteiger partial charge on any atom is -0.482 e. The monoisotopic (exact) mass is 271 g/mol. The predicted octanol–water partition coefficient (Wildman–Crippen LogP) is 1.64. The summed E-state index contributed by atoms with van der Waals surface area (Å²) in [6.45, 7) is 0.445. The van der Waals surface area contributed by atoms with Crippen molar-refractivity contribution in [1.82, 2.24) is 0 Å². The number of fused-ring (bicyclic) bond motifs is 1. The molecule has 18 heavy (non-hydrogen) atoms. The molecule has 3 N–H and O–H groups in total. The number of aliphatic carboxylic acids is 1. The van der Waals surface area contributed by atoms with Crippen LogP contribution in [0.2, 0.25) is 0 Å². The van der Waals surface area contributed by atoms with Crippen LogP contribution in [0.4, 0.5) is 0 Å². The molecule has 1 aliphatic carbocycles. The van der Waals surface area contributed by atoms with Crippen molar-refractivity contribution in [3.8, 4) is 5.75 Å². The lowest BCUT2D eigenvalue weighted by Crippen LogP contribution is -2.22. The summed E-state index contributed by atoms with van der Waals surface area (Å²) in [6.07, 6.45) is 3.12. The number of hydrogen-bond acceptors (Lipinski definition) is 3. The molecule has 0 aliphatic heterocycles. The third kappa shape index (κ3) is 3.62. The smallest absolute Gasteiger partial charge is 0.341 e. The first kappa shape index (κ1) is 14.8. The molecule has 0 heterocycles. The fourth-order valence-corrected chi connectivity index (χ4v) is 2.24. The Morgan fingerprint density at radius 3 is 2.89 bits per heavy atom. The van der Waals surface area contributed by atoms with Gasteiger partial charge < -0.3 is 15.6 Å². The minimum absolute atomic E-state index is 0. The lowest BCUT2D eigenvalue weighted by Gasteiger charge is -2.23. The van der Waals surface area contributed by atoms with Gasteiger partial charge in [0, 0.05) is 0 Å². The van der Waals surface area contributed by atoms with Gasteiger partial charge in [-0.1, -0.05) is 6.07 Å². The molecule has 4 nitrogen and oxygen atoms in total. The van der Waals surface area contributed by atoms with Gasteiger partial charge in [0.2, 0.25) is 0 Å². The van der Waals surface area contributed by atoms with Crippen molar-refractivity contribution in [2.75, 3.05) is 13.2 Å². The molecule has 5 heteroatoms. The Bertz CT molecular complexity index is 423. The van der Waals surface area contributed by atoms with Gasteiger partial charge in [-0.05, 0) is 55.0 Å². The van der Waals surface area contributed by atoms with Crippen molar-refractivity contribution in [2.45, 2.75) is 19.3 Å². The standard InChI is InChI=1S/C13H17NO3.ClH/c14-7-9-1-2-11-6-12(17-8-13(15)16)4-3-10(11)5-9;/h3-4,6,9H,1-2,5,7-8,14H2,(H,15,16);1H/t9-;/m1./s1. The van der Waals surface area contributed by atoms with Crippen molar-refractivity contribution in [1.29, 1.82) is 0 Å². The molecular formula is C13H18ClNO3. The van der Waals surface area contributed by atoms with Gasteiger partial charge in [-0.2, -0.15) is 0 Å². The largest absolute Gasteiger partial charge is 0.482 e. The zero-order chi connectivity index (χ0) is 12.3. The molecule has 100 valence electrons. The Morgan fingerprint density at radius 1 is 1.44 bits per heavy atom. The number of benzene rings is 1. The summed E-state index contributed by atoms with van der Waals surface area (Å²) >= 11 is 0. The average Bonchev–Trinajstić information content (AvgIpc) is 2.35. The molecule has 0 bridgehead atoms. The highest BCUT2D eigenvalue weighted by Gasteiger charge is 2.17. The van der Waals surface area contributed by atoms with E-state index in [4.69, 9.17) is 15.6 Å². The first-order valence-electron chi connectivity index (χ1n) is 5.85. The number of hydrogen-bond donors (Lipinski definition) is 2. The summed E-state index contributed by atoms with van der Waals surface area (Å²) in [5.74, 6) is 0.261. The Labute approximate surface area is 113 Å². The van der Waals surface area contributed by atoms with Crippen LogP contribution >= 0.6 is 12.4 Å². The molecule has 2 rings (SSSR count). The van der Waals surface area contributed by atoms with Crippen LogP contribution in [0.25, 0.3) is 0 Å². The maximum atomic E-state index is 10.4. The van der Waals surface area contributed by atoms with Crippen LogP contribution in [-0.4, -0.2) is 24.2 Å². The van der Waals surface area contributed by atoms with E-state index in [0.717, 1.165) is 25.8 Å². The number of halogens is 1. The van der Waals surface area contributed by atoms with Crippen molar-refractivity contribution in [3.05, 3.63) is 29.3 Å². The van der Waals surface area contributed by atoms with E-state index in [0.29, 0.717) is 11.7 Å². The number of ether oxygens (including phenoxy) is 1. The van der Waals surface area contributed by atoms with Crippen molar-refractivity contribution < 1.29 is 14.6 Å². The molecule has 0 amide bonds. The van der Waals surface area contributed by atoms with Gasteiger partial charge in [-0.3, -0.25) is 0 Å². The highest BCUT2D eigenvalue weighted by molar-refractivity contribution is 5.85. The first-order chi connectivity index (χ1) is 8.19. The molecule has 0 saturated carbocycles. The zero-order valence-corrected chi connectivity index (χ0v) is 10.9. The van der Waals surface area contributed by atoms with E-state index >= 15 is 0 Å². The number of nitrogens with two attached hydrogens (primary N) is 1. The molecule has 1 atom stereocenters. The van der Waals surface area contributed by atoms with E-state index < -0.39 is 5.97 Å². The number of carboxylic acid groups (broad SMARTS) is 1. The summed E-state index contributed by atoms with van der Waals surface area (Å²) in [7, 11) is 0. The van der Waals surface area contributed by atoms with Gasteiger partial charge in [0.05, 0.1) is 0 Å². The van der Waals surface area contributed by atoms with Gasteiger partial charge >= 0.3 is 5.97 Å². The quantitative estimate of drug-likeness (QED) is 0.873. The second-order valence-electron chi connectivity index (χ2n) is 4.46. The van der Waals surface area contributed by atoms with Crippen LogP contribution in [0.15, 0.2) is 18.2 Å². The molecular weight excluding hydrogens is 254 g/mol. The van der Waals surface area contributed by atoms with E-state index in [1.807, 2.05) is 18.2 Å². The molecule has 0 unspecified atom stereocenters. The molecule has 1 aromatic rings. The predicted molar refractivity (Wildman–Crippen MR) is 71.4 cm³/mol. The molecule has 0 spiro atoms. The second-order valence-corrected chi connectivity index (χ2v) is 4.46. The van der Waals surface area contributed by atoms with Crippen LogP contribution in [0.5, 0.6) is 5.75 Å². The maximum Gasteiger partial charge on any atom is 0.341 e. The zero-order valence-electron chi connectivity index (χ0n) is 10.1. The Balaban J connectivity index is 0.00000162. The average molecular weight is 272 g/mol. The van der Waals surface area contributed by atoms with Crippen molar-refractivity contribution in [2.24, 2.45) is 11.7 Å². The topological polar surface area (TPSA) is 72.5 Å². The van der Waals surface area contributed by atoms with Crippen LogP contribution < -0.4 is 10.5 Å². The Morgan fingerprint density at radius 2 is 2.22 bits per heavy atom. The van der Waals surface area contributed by atoms with E-state index in [1.54, 1.807) is 0 Å². The number of carboxylic acids is 1. The van der Waals surface area contributed by atoms with Gasteiger partial charge in [-0.15, -0.1) is 12.4 Å². The summed E-state index contributed by atoms with van der Waals surface area (Å²) in [5.41, 5.74) is 8.26. The van der Waals surface area contributed by atoms with Crippen LogP contribution in [0, 0.1) is 5.92 Å². The van der Waals surface area contributed by atoms with Gasteiger partial charge in [0.15, 0.2) is 6.61 Å². The third-order valence-electron chi connectivity index (χ3n) is 3.20. The van der Waals surface area contributed by atoms with Crippen LogP contribution in [0.1, 0.15) is 17.5 Å². The number of rotatable bonds is 4. The highest BCUT2D eigenvalue weighted by atomic mass is 35.5. The van der Waals surface area contributed by atoms with E-state index in [1.165, 1.54) is 11.1 Å². The van der Waals surface area contributed by atoms with E-state index in [2.05, 4.69) is 0 Å². The SMILES string of the molecule is Cl.NC[C@@H]1CCc2cc(OCC(=O)O)ccc2C1. The van der Waals surface area contributed by atoms with Gasteiger partial charge in [0.25, 0.3) is 0 Å². The summed E-state index contributed by atoms with van der Waals surface area (Å²) < 4.78 is 5.16. The van der Waals surface area contributed by atoms with E-state index in [-0.39, 0.29) is 19.0 Å². The fourth-order valence-electron chi connectivity index (χ4n) is 2.24. The van der Waals surface area contributed by atoms with Crippen molar-refractivity contribution >= 4 is 18.4 Å². The van der Waals surface area contributed by atoms with Crippen LogP contribution in [-0.2, 0) is 17.6 Å².